The third-order valence-electron chi connectivity index (χ3n) is 30.4. The molecule has 0 bridgehead atoms. The van der Waals surface area contributed by atoms with Gasteiger partial charge in [0.1, 0.15) is 0 Å². The van der Waals surface area contributed by atoms with E-state index in [0.29, 0.717) is 41.1 Å². The maximum Gasteiger partial charge on any atom is 0.223 e. The van der Waals surface area contributed by atoms with E-state index in [1.807, 2.05) is 0 Å². The first-order valence-electron chi connectivity index (χ1n) is 59.8. The second-order valence-electron chi connectivity index (χ2n) is 46.7. The highest BCUT2D eigenvalue weighted by molar-refractivity contribution is 6.58. The van der Waals surface area contributed by atoms with Gasteiger partial charge in [0.2, 0.25) is 68.5 Å². The minimum Gasteiger partial charge on any atom is -0.339 e. The van der Waals surface area contributed by atoms with Crippen LogP contribution in [0.3, 0.4) is 0 Å². The van der Waals surface area contributed by atoms with Gasteiger partial charge in [-0.2, -0.15) is 0 Å². The molecule has 6 aromatic carbocycles. The van der Waals surface area contributed by atoms with Crippen molar-refractivity contribution in [3.8, 4) is 0 Å². The Hall–Kier alpha value is -4.43. The van der Waals surface area contributed by atoms with Crippen LogP contribution in [0.2, 0.25) is 128 Å². The largest absolute Gasteiger partial charge is 0.339 e. The molecule has 10 nitrogen and oxygen atoms in total. The highest BCUT2D eigenvalue weighted by Crippen LogP contribution is 2.30. The number of nitrogens with zero attached hydrogens (tertiary/aromatic N) is 10. The molecule has 0 aromatic heterocycles. The summed E-state index contributed by atoms with van der Waals surface area (Å²) >= 11 is 0. The van der Waals surface area contributed by atoms with Crippen molar-refractivity contribution in [3.63, 3.8) is 0 Å². The lowest BCUT2D eigenvalue weighted by atomic mass is 9.51. The molecule has 0 amide bonds. The summed E-state index contributed by atoms with van der Waals surface area (Å²) in [6.07, 6.45) is 43.8. The van der Waals surface area contributed by atoms with Gasteiger partial charge in [-0.1, -0.05) is 473 Å². The molecule has 0 unspecified atom stereocenters. The summed E-state index contributed by atoms with van der Waals surface area (Å²) in [7, 11) is 0. The Morgan fingerprint density at radius 2 is 0.310 bits per heavy atom. The molecule has 0 fully saturated rings. The average molecular weight is 1940 g/mol. The zero-order chi connectivity index (χ0) is 106. The van der Waals surface area contributed by atoms with E-state index in [2.05, 4.69) is 451 Å². The molecule has 6 rings (SSSR count). The van der Waals surface area contributed by atoms with Crippen LogP contribution >= 0.6 is 0 Å². The van der Waals surface area contributed by atoms with Crippen molar-refractivity contribution in [3.05, 3.63) is 215 Å². The van der Waals surface area contributed by atoms with Crippen molar-refractivity contribution in [1.29, 1.82) is 0 Å². The number of benzene rings is 6. The smallest absolute Gasteiger partial charge is 0.223 e. The maximum atomic E-state index is 2.82. The predicted octanol–water partition coefficient (Wildman–Crippen LogP) is 34.1. The van der Waals surface area contributed by atoms with E-state index in [-0.39, 0.29) is 22.2 Å². The minimum absolute atomic E-state index is 0.270. The molecule has 0 aliphatic carbocycles. The highest BCUT2D eigenvalue weighted by atomic mass is 15.2. The van der Waals surface area contributed by atoms with Gasteiger partial charge >= 0.3 is 0 Å². The Labute approximate surface area is 890 Å². The first-order valence-corrected chi connectivity index (χ1v) is 59.8. The second kappa shape index (κ2) is 79.6. The minimum atomic E-state index is 0.270. The molecule has 0 spiro atoms. The number of rotatable bonds is 71. The molecule has 0 aliphatic heterocycles. The lowest BCUT2D eigenvalue weighted by Gasteiger charge is -2.42. The Kier molecular flexibility index (Phi) is 74.9. The monoisotopic (exact) mass is 1940 g/mol. The lowest BCUT2D eigenvalue weighted by molar-refractivity contribution is 0.218. The molecule has 6 aromatic rings. The highest BCUT2D eigenvalue weighted by Gasteiger charge is 2.36. The molecule has 0 radical (unpaired) electrons. The standard InChI is InChI=1S/C30H50B2N2.C26H42B2N2.C24H54B2N2.C22H34B2N2.C20H46B2N2/c1-5-21-31(22-6-2)33(27-29-17-11-9-12-18-29)25-15-16-26-34(32(23-7-3)24-8-4)28-30-19-13-10-14-20-30;1-5-27(6-2)29(23-25-17-11-9-12-18-25)21-15-16-22-30(28(7-3)8-4)24-26-19-13-10-14-20-26;1-11-17-25(18-12-2)27(23(5,6)7)21-15-16-22-28(24(8,9)10)26(19-13-3)20-14-4;1-23(2)25(19-21-13-7-5-8-14-21)17-11-12-18-26(24(3)4)20-22-15-9-6-10-16-22;1-11-21(12-2)23(19(5,6)7)17-15-16-18-24(20(8,9)10)22(13-3)14-4/h9-14,17-20H,5-8,15-16,21-28H2,1-4H3;9-14,17-20H,5-8,15-16,21-24H2,1-4H3;11-22H2,1-10H3;5-10,13-16H,11-12,17-20H2,1-4H3;11-18H2,1-10H3. The summed E-state index contributed by atoms with van der Waals surface area (Å²) in [5.41, 5.74) is 9.69. The maximum absolute atomic E-state index is 2.82. The van der Waals surface area contributed by atoms with Crippen LogP contribution in [0.25, 0.3) is 0 Å². The van der Waals surface area contributed by atoms with E-state index >= 15 is 0 Å². The van der Waals surface area contributed by atoms with Crippen LogP contribution in [0.15, 0.2) is 182 Å². The Bertz CT molecular complexity index is 3520. The first kappa shape index (κ1) is 134. The molecule has 20 heteroatoms. The zero-order valence-corrected chi connectivity index (χ0v) is 99.9. The quantitative estimate of drug-likeness (QED) is 0.0272. The van der Waals surface area contributed by atoms with Crippen molar-refractivity contribution in [2.45, 2.75) is 499 Å². The van der Waals surface area contributed by atoms with Gasteiger partial charge < -0.3 is 48.1 Å². The van der Waals surface area contributed by atoms with E-state index < -0.39 is 0 Å². The molecule has 0 aliphatic rings. The van der Waals surface area contributed by atoms with Crippen LogP contribution in [-0.2, 0) is 39.3 Å². The van der Waals surface area contributed by atoms with E-state index in [4.69, 9.17) is 0 Å². The second-order valence-corrected chi connectivity index (χ2v) is 46.7. The van der Waals surface area contributed by atoms with E-state index in [9.17, 15) is 0 Å². The third kappa shape index (κ3) is 57.5. The molecule has 142 heavy (non-hydrogen) atoms. The number of unbranched alkanes of at least 4 members (excludes halogenated alkanes) is 5. The summed E-state index contributed by atoms with van der Waals surface area (Å²) in [5.74, 6) is 0. The molecule has 0 saturated heterocycles. The Balaban J connectivity index is 0.000000603. The van der Waals surface area contributed by atoms with Crippen molar-refractivity contribution in [2.75, 3.05) is 65.4 Å². The van der Waals surface area contributed by atoms with Crippen molar-refractivity contribution in [1.82, 2.24) is 48.1 Å². The van der Waals surface area contributed by atoms with Crippen molar-refractivity contribution >= 4 is 68.5 Å². The van der Waals surface area contributed by atoms with Gasteiger partial charge in [-0.15, -0.1) is 0 Å². The third-order valence-corrected chi connectivity index (χ3v) is 30.4. The van der Waals surface area contributed by atoms with Crippen LogP contribution in [0.1, 0.15) is 343 Å². The average Bonchev–Trinajstić information content (AvgIpc) is 0.861. The van der Waals surface area contributed by atoms with Gasteiger partial charge in [0.25, 0.3) is 0 Å². The first-order chi connectivity index (χ1) is 68.0. The molecule has 0 saturated carbocycles. The van der Waals surface area contributed by atoms with Gasteiger partial charge in [0.05, 0.1) is 0 Å². The fourth-order valence-corrected chi connectivity index (χ4v) is 22.5. The van der Waals surface area contributed by atoms with E-state index in [1.165, 1.54) is 316 Å². The summed E-state index contributed by atoms with van der Waals surface area (Å²) in [6, 6.07) is 65.8. The molecule has 0 atom stereocenters. The lowest BCUT2D eigenvalue weighted by Crippen LogP contribution is -2.52. The van der Waals surface area contributed by atoms with Crippen molar-refractivity contribution < 1.29 is 0 Å². The Morgan fingerprint density at radius 1 is 0.169 bits per heavy atom. The molecule has 0 N–H and O–H groups in total. The predicted molar refractivity (Wildman–Crippen MR) is 659 cm³/mol. The topological polar surface area (TPSA) is 32.4 Å². The van der Waals surface area contributed by atoms with E-state index in [0.717, 1.165) is 66.7 Å². The summed E-state index contributed by atoms with van der Waals surface area (Å²) < 4.78 is 0. The van der Waals surface area contributed by atoms with Gasteiger partial charge in [0, 0.05) is 61.4 Å². The van der Waals surface area contributed by atoms with Crippen LogP contribution in [-0.4, -0.2) is 204 Å². The van der Waals surface area contributed by atoms with Gasteiger partial charge in [0.15, 0.2) is 0 Å². The normalized spacial score (nSPS) is 11.9. The SMILES string of the molecule is CB(C)N(CCCCN(Cc1ccccc1)B(C)C)Cc1ccccc1.CCB(CC)N(CCCCN(B(CC)CC)C(C)(C)C)C(C)(C)C.CCB(CC)N(CCCCN(Cc1ccccc1)B(CC)CC)Cc1ccccc1.CCCB(CCC)N(CCCCN(B(CCC)CCC)C(C)(C)C)C(C)(C)C.CCCB(CCC)N(CCCCN(Cc1ccccc1)B(CCC)CCC)Cc1ccccc1. The fourth-order valence-electron chi connectivity index (χ4n) is 22.5. The van der Waals surface area contributed by atoms with Crippen LogP contribution < -0.4 is 0 Å². The fraction of sp³-hybridized carbons (Fsp3) is 0.705. The van der Waals surface area contributed by atoms with E-state index in [1.54, 1.807) is 0 Å². The summed E-state index contributed by atoms with van der Waals surface area (Å²) in [4.78, 5) is 27.3. The number of hydrogen-bond acceptors (Lipinski definition) is 10. The molecular weight excluding hydrogens is 1710 g/mol. The van der Waals surface area contributed by atoms with Gasteiger partial charge in [-0.05, 0) is 246 Å². The number of hydrogen-bond donors (Lipinski definition) is 0. The van der Waals surface area contributed by atoms with Crippen LogP contribution in [0.5, 0.6) is 0 Å². The Morgan fingerprint density at radius 3 is 0.465 bits per heavy atom. The molecule has 794 valence electrons. The summed E-state index contributed by atoms with van der Waals surface area (Å²) in [5, 5.41) is 0. The van der Waals surface area contributed by atoms with Crippen molar-refractivity contribution in [2.24, 2.45) is 0 Å². The summed E-state index contributed by atoms with van der Waals surface area (Å²) in [6.45, 7) is 101. The van der Waals surface area contributed by atoms with Crippen LogP contribution in [0.4, 0.5) is 0 Å². The molecule has 0 heterocycles. The van der Waals surface area contributed by atoms with Gasteiger partial charge in [-0.3, -0.25) is 0 Å². The van der Waals surface area contributed by atoms with Crippen LogP contribution in [0, 0.1) is 0 Å². The zero-order valence-electron chi connectivity index (χ0n) is 99.9. The molecular formula is C122H226B10N10. The van der Waals surface area contributed by atoms with Gasteiger partial charge in [-0.25, -0.2) is 0 Å².